The Bertz CT molecular complexity index is 182. The van der Waals surface area contributed by atoms with Crippen LogP contribution in [0.15, 0.2) is 0 Å². The second-order valence-corrected chi connectivity index (χ2v) is 9.50. The molecule has 0 saturated carbocycles. The molecule has 1 N–H and O–H groups in total. The summed E-state index contributed by atoms with van der Waals surface area (Å²) in [5, 5.41) is 8.99. The molecule has 0 aromatic carbocycles. The smallest absolute Gasteiger partial charge is 0.109 e. The van der Waals surface area contributed by atoms with Crippen LogP contribution in [0.1, 0.15) is 6.92 Å². The van der Waals surface area contributed by atoms with E-state index in [0.29, 0.717) is 5.88 Å². The molecule has 0 aliphatic rings. The first-order chi connectivity index (χ1) is 4.81. The summed E-state index contributed by atoms with van der Waals surface area (Å²) in [5.41, 5.74) is 0. The largest absolute Gasteiger partial charge is 0.381 e. The van der Waals surface area contributed by atoms with Gasteiger partial charge in [-0.15, -0.1) is 11.6 Å². The second kappa shape index (κ2) is 3.62. The number of alkyl halides is 1. The highest BCUT2D eigenvalue weighted by atomic mass is 35.5. The van der Waals surface area contributed by atoms with Gasteiger partial charge in [-0.3, -0.25) is 0 Å². The highest BCUT2D eigenvalue weighted by Crippen LogP contribution is 2.18. The number of halogens is 1. The Hall–Kier alpha value is 0.0269. The van der Waals surface area contributed by atoms with Crippen molar-refractivity contribution in [2.45, 2.75) is 31.8 Å². The fourth-order valence-electron chi connectivity index (χ4n) is 0.393. The zero-order valence-electron chi connectivity index (χ0n) is 7.53. The standard InChI is InChI=1S/C8H15ClOSi/c1-8(10,6-5-7-9)11(2,3)4/h10H,7H2,1-4H3. The summed E-state index contributed by atoms with van der Waals surface area (Å²) in [5.74, 6) is 5.77. The van der Waals surface area contributed by atoms with Gasteiger partial charge in [0.1, 0.15) is 5.22 Å². The van der Waals surface area contributed by atoms with E-state index in [1.165, 1.54) is 0 Å². The van der Waals surface area contributed by atoms with E-state index in [0.717, 1.165) is 0 Å². The molecule has 0 aliphatic carbocycles. The Kier molecular flexibility index (Phi) is 3.63. The molecule has 1 nitrogen and oxygen atoms in total. The van der Waals surface area contributed by atoms with Crippen LogP contribution in [0.5, 0.6) is 0 Å². The van der Waals surface area contributed by atoms with E-state index in [-0.39, 0.29) is 0 Å². The zero-order valence-corrected chi connectivity index (χ0v) is 9.29. The average molecular weight is 191 g/mol. The Morgan fingerprint density at radius 3 is 2.18 bits per heavy atom. The van der Waals surface area contributed by atoms with Crippen LogP contribution in [0.3, 0.4) is 0 Å². The highest BCUT2D eigenvalue weighted by Gasteiger charge is 2.35. The van der Waals surface area contributed by atoms with Crippen LogP contribution in [0.25, 0.3) is 0 Å². The lowest BCUT2D eigenvalue weighted by molar-refractivity contribution is 0.197. The third-order valence-corrected chi connectivity index (χ3v) is 5.04. The van der Waals surface area contributed by atoms with E-state index < -0.39 is 13.3 Å². The van der Waals surface area contributed by atoms with Gasteiger partial charge in [-0.05, 0) is 6.92 Å². The third kappa shape index (κ3) is 3.28. The molecule has 0 heterocycles. The molecule has 0 bridgehead atoms. The summed E-state index contributed by atoms with van der Waals surface area (Å²) in [4.78, 5) is 0. The number of aliphatic hydroxyl groups is 1. The molecule has 3 heteroatoms. The Labute approximate surface area is 74.8 Å². The van der Waals surface area contributed by atoms with Gasteiger partial charge in [-0.2, -0.15) is 0 Å². The Morgan fingerprint density at radius 2 is 1.91 bits per heavy atom. The molecular weight excluding hydrogens is 176 g/mol. The molecule has 0 radical (unpaired) electrons. The van der Waals surface area contributed by atoms with Crippen LogP contribution in [0.2, 0.25) is 19.6 Å². The van der Waals surface area contributed by atoms with E-state index >= 15 is 0 Å². The van der Waals surface area contributed by atoms with E-state index in [2.05, 4.69) is 31.5 Å². The first-order valence-corrected chi connectivity index (χ1v) is 7.63. The molecule has 11 heavy (non-hydrogen) atoms. The molecule has 1 atom stereocenters. The van der Waals surface area contributed by atoms with Crippen molar-refractivity contribution in [3.63, 3.8) is 0 Å². The van der Waals surface area contributed by atoms with Gasteiger partial charge in [0.2, 0.25) is 0 Å². The van der Waals surface area contributed by atoms with Crippen LogP contribution >= 0.6 is 11.6 Å². The van der Waals surface area contributed by atoms with E-state index in [1.807, 2.05) is 0 Å². The SMILES string of the molecule is CC(O)(C#CCCl)[Si](C)(C)C. The molecule has 64 valence electrons. The van der Waals surface area contributed by atoms with Gasteiger partial charge in [0.05, 0.1) is 14.0 Å². The van der Waals surface area contributed by atoms with Crippen LogP contribution < -0.4 is 0 Å². The van der Waals surface area contributed by atoms with Crippen LogP contribution in [-0.2, 0) is 0 Å². The van der Waals surface area contributed by atoms with Crippen molar-refractivity contribution < 1.29 is 5.11 Å². The monoisotopic (exact) mass is 190 g/mol. The molecule has 0 fully saturated rings. The zero-order chi connectivity index (χ0) is 9.12. The quantitative estimate of drug-likeness (QED) is 0.380. The number of hydrogen-bond acceptors (Lipinski definition) is 1. The summed E-state index contributed by atoms with van der Waals surface area (Å²) in [6.45, 7) is 8.00. The molecule has 0 rings (SSSR count). The summed E-state index contributed by atoms with van der Waals surface area (Å²) in [6.07, 6.45) is 0. The average Bonchev–Trinajstić information content (AvgIpc) is 1.81. The molecule has 0 aliphatic heterocycles. The predicted molar refractivity (Wildman–Crippen MR) is 52.5 cm³/mol. The van der Waals surface area contributed by atoms with E-state index in [1.54, 1.807) is 6.92 Å². The maximum Gasteiger partial charge on any atom is 0.109 e. The molecule has 0 spiro atoms. The van der Waals surface area contributed by atoms with Gasteiger partial charge < -0.3 is 5.11 Å². The van der Waals surface area contributed by atoms with Crippen LogP contribution in [-0.4, -0.2) is 24.3 Å². The highest BCUT2D eigenvalue weighted by molar-refractivity contribution is 6.79. The summed E-state index contributed by atoms with van der Waals surface area (Å²) in [6, 6.07) is 0. The lowest BCUT2D eigenvalue weighted by atomic mass is 10.4. The van der Waals surface area contributed by atoms with E-state index in [9.17, 15) is 5.11 Å². The minimum absolute atomic E-state index is 0.292. The van der Waals surface area contributed by atoms with Gasteiger partial charge in [0.15, 0.2) is 0 Å². The second-order valence-electron chi connectivity index (χ2n) is 3.76. The lowest BCUT2D eigenvalue weighted by Crippen LogP contribution is -2.48. The van der Waals surface area contributed by atoms with Crippen molar-refractivity contribution in [3.8, 4) is 11.8 Å². The van der Waals surface area contributed by atoms with Crippen LogP contribution in [0, 0.1) is 11.8 Å². The molecule has 0 aromatic rings. The molecule has 0 amide bonds. The van der Waals surface area contributed by atoms with Gasteiger partial charge in [0.25, 0.3) is 0 Å². The van der Waals surface area contributed by atoms with Crippen molar-refractivity contribution in [1.82, 2.24) is 0 Å². The van der Waals surface area contributed by atoms with Gasteiger partial charge >= 0.3 is 0 Å². The van der Waals surface area contributed by atoms with Gasteiger partial charge in [-0.1, -0.05) is 31.5 Å². The van der Waals surface area contributed by atoms with Gasteiger partial charge in [0, 0.05) is 0 Å². The van der Waals surface area contributed by atoms with E-state index in [4.69, 9.17) is 11.6 Å². The molecule has 0 saturated heterocycles. The van der Waals surface area contributed by atoms with Crippen molar-refractivity contribution in [1.29, 1.82) is 0 Å². The topological polar surface area (TPSA) is 20.2 Å². The maximum absolute atomic E-state index is 9.81. The minimum atomic E-state index is -1.60. The third-order valence-electron chi connectivity index (χ3n) is 1.86. The minimum Gasteiger partial charge on any atom is -0.381 e. The molecule has 1 unspecified atom stereocenters. The first-order valence-electron chi connectivity index (χ1n) is 3.59. The van der Waals surface area contributed by atoms with Crippen LogP contribution in [0.4, 0.5) is 0 Å². The summed E-state index contributed by atoms with van der Waals surface area (Å²) < 4.78 is 0. The van der Waals surface area contributed by atoms with Crippen molar-refractivity contribution in [3.05, 3.63) is 0 Å². The maximum atomic E-state index is 9.81. The molecule has 0 aromatic heterocycles. The fraction of sp³-hybridized carbons (Fsp3) is 0.750. The lowest BCUT2D eigenvalue weighted by Gasteiger charge is -2.30. The van der Waals surface area contributed by atoms with Crippen molar-refractivity contribution in [2.24, 2.45) is 0 Å². The predicted octanol–water partition coefficient (Wildman–Crippen LogP) is 1.86. The first kappa shape index (κ1) is 11.0. The van der Waals surface area contributed by atoms with Gasteiger partial charge in [-0.25, -0.2) is 0 Å². The molecular formula is C8H15ClOSi. The Morgan fingerprint density at radius 1 is 1.45 bits per heavy atom. The summed E-state index contributed by atoms with van der Waals surface area (Å²) >= 11 is 5.39. The fourth-order valence-corrected chi connectivity index (χ4v) is 0.923. The number of hydrogen-bond donors (Lipinski definition) is 1. The van der Waals surface area contributed by atoms with Crippen molar-refractivity contribution in [2.75, 3.05) is 5.88 Å². The summed E-state index contributed by atoms with van der Waals surface area (Å²) in [7, 11) is -1.60. The normalized spacial score (nSPS) is 16.5. The number of rotatable bonds is 1. The van der Waals surface area contributed by atoms with Crippen molar-refractivity contribution >= 4 is 19.7 Å². The Balaban J connectivity index is 4.47.